The van der Waals surface area contributed by atoms with Crippen molar-refractivity contribution in [2.75, 3.05) is 0 Å². The molecule has 2 aromatic carbocycles. The minimum absolute atomic E-state index is 0.515. The Kier molecular flexibility index (Phi) is 3.16. The number of hydrogen-bond acceptors (Lipinski definition) is 1. The molecule has 1 fully saturated rings. The summed E-state index contributed by atoms with van der Waals surface area (Å²) in [4.78, 5) is 0. The lowest BCUT2D eigenvalue weighted by molar-refractivity contribution is 0.219. The molecule has 0 aliphatic heterocycles. The van der Waals surface area contributed by atoms with E-state index in [0.717, 1.165) is 22.6 Å². The molecule has 98 valence electrons. The topological polar surface area (TPSA) is 20.2 Å². The molecule has 1 N–H and O–H groups in total. The second-order valence-electron chi connectivity index (χ2n) is 5.71. The minimum Gasteiger partial charge on any atom is -0.384 e. The number of rotatable bonds is 3. The molecule has 1 atom stereocenters. The average Bonchev–Trinajstić information content (AvgIpc) is 3.22. The van der Waals surface area contributed by atoms with Crippen molar-refractivity contribution in [2.24, 2.45) is 0 Å². The summed E-state index contributed by atoms with van der Waals surface area (Å²) >= 11 is 0. The van der Waals surface area contributed by atoms with Crippen molar-refractivity contribution in [3.05, 3.63) is 70.3 Å². The van der Waals surface area contributed by atoms with Crippen LogP contribution in [0.15, 0.2) is 42.5 Å². The maximum atomic E-state index is 10.6. The highest BCUT2D eigenvalue weighted by atomic mass is 16.3. The Bertz CT molecular complexity index is 596. The molecule has 1 aliphatic rings. The van der Waals surface area contributed by atoms with Crippen LogP contribution < -0.4 is 0 Å². The summed E-state index contributed by atoms with van der Waals surface area (Å²) in [5.74, 6) is 0.728. The number of hydrogen-bond donors (Lipinski definition) is 1. The number of benzene rings is 2. The van der Waals surface area contributed by atoms with E-state index in [0.29, 0.717) is 0 Å². The lowest BCUT2D eigenvalue weighted by Crippen LogP contribution is -2.02. The van der Waals surface area contributed by atoms with Gasteiger partial charge in [0.2, 0.25) is 0 Å². The number of aliphatic hydroxyl groups is 1. The van der Waals surface area contributed by atoms with Crippen molar-refractivity contribution in [1.82, 2.24) is 0 Å². The second kappa shape index (κ2) is 4.82. The first kappa shape index (κ1) is 12.4. The predicted molar refractivity (Wildman–Crippen MR) is 78.4 cm³/mol. The molecule has 1 aliphatic carbocycles. The fourth-order valence-corrected chi connectivity index (χ4v) is 2.71. The third kappa shape index (κ3) is 2.57. The Balaban J connectivity index is 1.94. The van der Waals surface area contributed by atoms with Gasteiger partial charge in [-0.25, -0.2) is 0 Å². The lowest BCUT2D eigenvalue weighted by atomic mass is 9.94. The van der Waals surface area contributed by atoms with Gasteiger partial charge in [-0.1, -0.05) is 48.0 Å². The third-order valence-corrected chi connectivity index (χ3v) is 4.00. The predicted octanol–water partition coefficient (Wildman–Crippen LogP) is 4.26. The van der Waals surface area contributed by atoms with E-state index in [2.05, 4.69) is 44.2 Å². The fraction of sp³-hybridized carbons (Fsp3) is 0.333. The molecule has 1 heteroatoms. The molecule has 2 aromatic rings. The Morgan fingerprint density at radius 2 is 1.84 bits per heavy atom. The fourth-order valence-electron chi connectivity index (χ4n) is 2.71. The van der Waals surface area contributed by atoms with Gasteiger partial charge in [0.15, 0.2) is 0 Å². The van der Waals surface area contributed by atoms with Crippen LogP contribution in [0.3, 0.4) is 0 Å². The summed E-state index contributed by atoms with van der Waals surface area (Å²) in [6.45, 7) is 4.15. The molecular formula is C18H20O. The summed E-state index contributed by atoms with van der Waals surface area (Å²) in [5.41, 5.74) is 5.79. The van der Waals surface area contributed by atoms with E-state index >= 15 is 0 Å². The van der Waals surface area contributed by atoms with Crippen molar-refractivity contribution in [1.29, 1.82) is 0 Å². The first-order chi connectivity index (χ1) is 9.15. The summed E-state index contributed by atoms with van der Waals surface area (Å²) in [5, 5.41) is 10.6. The Morgan fingerprint density at radius 1 is 1.05 bits per heavy atom. The van der Waals surface area contributed by atoms with Gasteiger partial charge in [-0.2, -0.15) is 0 Å². The van der Waals surface area contributed by atoms with E-state index in [9.17, 15) is 5.11 Å². The number of aliphatic hydroxyl groups excluding tert-OH is 1. The molecule has 0 heterocycles. The molecule has 0 radical (unpaired) electrons. The third-order valence-electron chi connectivity index (χ3n) is 4.00. The van der Waals surface area contributed by atoms with Gasteiger partial charge in [-0.15, -0.1) is 0 Å². The van der Waals surface area contributed by atoms with Gasteiger partial charge in [0, 0.05) is 0 Å². The summed E-state index contributed by atoms with van der Waals surface area (Å²) < 4.78 is 0. The van der Waals surface area contributed by atoms with Crippen LogP contribution in [0.1, 0.15) is 52.7 Å². The highest BCUT2D eigenvalue weighted by Crippen LogP contribution is 2.41. The van der Waals surface area contributed by atoms with Crippen LogP contribution in [0.5, 0.6) is 0 Å². The van der Waals surface area contributed by atoms with E-state index in [-0.39, 0.29) is 0 Å². The van der Waals surface area contributed by atoms with Gasteiger partial charge in [-0.05, 0) is 54.9 Å². The Morgan fingerprint density at radius 3 is 2.53 bits per heavy atom. The van der Waals surface area contributed by atoms with Crippen LogP contribution in [0.2, 0.25) is 0 Å². The summed E-state index contributed by atoms with van der Waals surface area (Å²) in [6.07, 6.45) is 2.07. The molecule has 3 rings (SSSR count). The van der Waals surface area contributed by atoms with Gasteiger partial charge < -0.3 is 5.11 Å². The molecular weight excluding hydrogens is 232 g/mol. The van der Waals surface area contributed by atoms with E-state index in [1.807, 2.05) is 12.1 Å². The van der Waals surface area contributed by atoms with E-state index < -0.39 is 6.10 Å². The Labute approximate surface area is 114 Å². The van der Waals surface area contributed by atoms with E-state index in [1.54, 1.807) is 0 Å². The molecule has 0 bridgehead atoms. The zero-order valence-electron chi connectivity index (χ0n) is 11.6. The van der Waals surface area contributed by atoms with Crippen LogP contribution in [0.4, 0.5) is 0 Å². The van der Waals surface area contributed by atoms with Gasteiger partial charge in [0.05, 0.1) is 0 Å². The van der Waals surface area contributed by atoms with Gasteiger partial charge in [0.1, 0.15) is 6.10 Å². The zero-order valence-corrected chi connectivity index (χ0v) is 11.6. The molecule has 0 amide bonds. The van der Waals surface area contributed by atoms with Crippen LogP contribution in [0.25, 0.3) is 0 Å². The monoisotopic (exact) mass is 252 g/mol. The Hall–Kier alpha value is -1.60. The molecule has 1 nitrogen and oxygen atoms in total. The van der Waals surface area contributed by atoms with Crippen LogP contribution in [-0.4, -0.2) is 5.11 Å². The summed E-state index contributed by atoms with van der Waals surface area (Å²) in [7, 11) is 0. The SMILES string of the molecule is Cc1ccc(C(O)c2cccc(C3CC3)c2)c(C)c1. The van der Waals surface area contributed by atoms with Crippen LogP contribution >= 0.6 is 0 Å². The van der Waals surface area contributed by atoms with Gasteiger partial charge in [0.25, 0.3) is 0 Å². The quantitative estimate of drug-likeness (QED) is 0.865. The van der Waals surface area contributed by atoms with Crippen molar-refractivity contribution >= 4 is 0 Å². The molecule has 1 unspecified atom stereocenters. The van der Waals surface area contributed by atoms with Gasteiger partial charge >= 0.3 is 0 Å². The minimum atomic E-state index is -0.515. The smallest absolute Gasteiger partial charge is 0.104 e. The summed E-state index contributed by atoms with van der Waals surface area (Å²) in [6, 6.07) is 14.7. The standard InChI is InChI=1S/C18H20O/c1-12-6-9-17(13(2)10-12)18(19)16-5-3-4-15(11-16)14-7-8-14/h3-6,9-11,14,18-19H,7-8H2,1-2H3. The van der Waals surface area contributed by atoms with E-state index in [4.69, 9.17) is 0 Å². The highest BCUT2D eigenvalue weighted by Gasteiger charge is 2.24. The second-order valence-corrected chi connectivity index (χ2v) is 5.71. The number of aryl methyl sites for hydroxylation is 2. The lowest BCUT2D eigenvalue weighted by Gasteiger charge is -2.15. The van der Waals surface area contributed by atoms with E-state index in [1.165, 1.54) is 24.0 Å². The van der Waals surface area contributed by atoms with Crippen molar-refractivity contribution in [2.45, 2.75) is 38.7 Å². The van der Waals surface area contributed by atoms with Crippen LogP contribution in [0, 0.1) is 13.8 Å². The highest BCUT2D eigenvalue weighted by molar-refractivity contribution is 5.39. The molecule has 19 heavy (non-hydrogen) atoms. The van der Waals surface area contributed by atoms with Crippen molar-refractivity contribution in [3.63, 3.8) is 0 Å². The maximum Gasteiger partial charge on any atom is 0.104 e. The van der Waals surface area contributed by atoms with Crippen molar-refractivity contribution < 1.29 is 5.11 Å². The van der Waals surface area contributed by atoms with Crippen molar-refractivity contribution in [3.8, 4) is 0 Å². The molecule has 0 saturated heterocycles. The first-order valence-electron chi connectivity index (χ1n) is 7.00. The van der Waals surface area contributed by atoms with Crippen LogP contribution in [-0.2, 0) is 0 Å². The molecule has 0 aromatic heterocycles. The van der Waals surface area contributed by atoms with Gasteiger partial charge in [-0.3, -0.25) is 0 Å². The molecule has 1 saturated carbocycles. The molecule has 0 spiro atoms. The maximum absolute atomic E-state index is 10.6. The zero-order chi connectivity index (χ0) is 13.4. The largest absolute Gasteiger partial charge is 0.384 e. The normalized spacial score (nSPS) is 16.4. The average molecular weight is 252 g/mol. The first-order valence-corrected chi connectivity index (χ1v) is 7.00.